The van der Waals surface area contributed by atoms with Gasteiger partial charge in [-0.3, -0.25) is 4.79 Å². The van der Waals surface area contributed by atoms with Crippen LogP contribution in [-0.4, -0.2) is 20.5 Å². The minimum absolute atomic E-state index is 0.263. The van der Waals surface area contributed by atoms with Crippen LogP contribution in [0.15, 0.2) is 6.33 Å². The molecule has 1 aliphatic rings. The number of Topliss-reactive ketones (excluding diaryl/α,β-unsaturated/α-hetero) is 1. The Kier molecular flexibility index (Phi) is 4.90. The normalized spacial score (nSPS) is 17.6. The average Bonchev–Trinajstić information content (AvgIpc) is 2.66. The average molecular weight is 249 g/mol. The second-order valence-corrected chi connectivity index (χ2v) is 5.23. The largest absolute Gasteiger partial charge is 0.299 e. The molecular formula is C14H23N3O. The molecule has 1 saturated carbocycles. The molecule has 4 nitrogen and oxygen atoms in total. The highest BCUT2D eigenvalue weighted by molar-refractivity contribution is 5.82. The van der Waals surface area contributed by atoms with Crippen molar-refractivity contribution in [3.8, 4) is 0 Å². The van der Waals surface area contributed by atoms with Crippen molar-refractivity contribution in [3.63, 3.8) is 0 Å². The van der Waals surface area contributed by atoms with Crippen molar-refractivity contribution in [2.24, 2.45) is 5.92 Å². The summed E-state index contributed by atoms with van der Waals surface area (Å²) in [6.45, 7) is 2.96. The first kappa shape index (κ1) is 13.2. The van der Waals surface area contributed by atoms with Crippen molar-refractivity contribution >= 4 is 5.78 Å². The minimum atomic E-state index is 0.263. The van der Waals surface area contributed by atoms with Crippen LogP contribution < -0.4 is 0 Å². The number of carbonyl (C=O) groups is 1. The Morgan fingerprint density at radius 2 is 2.06 bits per heavy atom. The van der Waals surface area contributed by atoms with E-state index in [2.05, 4.69) is 17.0 Å². The van der Waals surface area contributed by atoms with Gasteiger partial charge in [-0.05, 0) is 19.3 Å². The number of nitrogens with zero attached hydrogens (tertiary/aromatic N) is 3. The molecule has 0 amide bonds. The fourth-order valence-corrected chi connectivity index (χ4v) is 2.73. The maximum atomic E-state index is 12.3. The zero-order valence-corrected chi connectivity index (χ0v) is 11.3. The van der Waals surface area contributed by atoms with Gasteiger partial charge in [-0.25, -0.2) is 9.67 Å². The van der Waals surface area contributed by atoms with E-state index in [0.29, 0.717) is 12.2 Å². The van der Waals surface area contributed by atoms with E-state index in [9.17, 15) is 4.79 Å². The summed E-state index contributed by atoms with van der Waals surface area (Å²) in [5.74, 6) is 1.47. The van der Waals surface area contributed by atoms with Crippen LogP contribution in [0.4, 0.5) is 0 Å². The molecule has 0 aliphatic heterocycles. The summed E-state index contributed by atoms with van der Waals surface area (Å²) in [6.07, 6.45) is 10.2. The molecule has 0 bridgehead atoms. The third-order valence-electron chi connectivity index (χ3n) is 3.77. The Morgan fingerprint density at radius 1 is 1.33 bits per heavy atom. The Hall–Kier alpha value is -1.19. The van der Waals surface area contributed by atoms with E-state index >= 15 is 0 Å². The minimum Gasteiger partial charge on any atom is -0.299 e. The first-order valence-electron chi connectivity index (χ1n) is 7.20. The van der Waals surface area contributed by atoms with Crippen molar-refractivity contribution in [2.75, 3.05) is 0 Å². The number of aryl methyl sites for hydroxylation is 1. The van der Waals surface area contributed by atoms with Crippen molar-refractivity contribution in [2.45, 2.75) is 64.8 Å². The van der Waals surface area contributed by atoms with Gasteiger partial charge in [-0.15, -0.1) is 0 Å². The highest BCUT2D eigenvalue weighted by atomic mass is 16.1. The first-order valence-corrected chi connectivity index (χ1v) is 7.20. The van der Waals surface area contributed by atoms with Gasteiger partial charge < -0.3 is 0 Å². The molecule has 0 N–H and O–H groups in total. The van der Waals surface area contributed by atoms with Gasteiger partial charge in [0.25, 0.3) is 0 Å². The van der Waals surface area contributed by atoms with E-state index in [1.54, 1.807) is 6.33 Å². The summed E-state index contributed by atoms with van der Waals surface area (Å²) >= 11 is 0. The van der Waals surface area contributed by atoms with Gasteiger partial charge in [0.1, 0.15) is 17.9 Å². The summed E-state index contributed by atoms with van der Waals surface area (Å²) in [6, 6.07) is 0. The highest BCUT2D eigenvalue weighted by Crippen LogP contribution is 2.24. The Bertz CT molecular complexity index is 378. The summed E-state index contributed by atoms with van der Waals surface area (Å²) in [4.78, 5) is 16.5. The number of carbonyl (C=O) groups excluding carboxylic acids is 1. The molecule has 1 fully saturated rings. The van der Waals surface area contributed by atoms with Crippen molar-refractivity contribution < 1.29 is 4.79 Å². The number of hydrogen-bond donors (Lipinski definition) is 0. The van der Waals surface area contributed by atoms with E-state index < -0.39 is 0 Å². The van der Waals surface area contributed by atoms with Crippen LogP contribution in [0.25, 0.3) is 0 Å². The van der Waals surface area contributed by atoms with Gasteiger partial charge in [-0.1, -0.05) is 32.6 Å². The fraction of sp³-hybridized carbons (Fsp3) is 0.786. The number of rotatable bonds is 5. The summed E-state index contributed by atoms with van der Waals surface area (Å²) < 4.78 is 1.87. The predicted octanol–water partition coefficient (Wildman–Crippen LogP) is 2.77. The first-order chi connectivity index (χ1) is 8.81. The van der Waals surface area contributed by atoms with Gasteiger partial charge in [0, 0.05) is 12.5 Å². The maximum Gasteiger partial charge on any atom is 0.143 e. The standard InChI is InChI=1S/C14H23N3O/c1-2-9-17-14(15-11-16-17)10-13(18)12-7-5-3-4-6-8-12/h11-12H,2-10H2,1H3. The summed E-state index contributed by atoms with van der Waals surface area (Å²) in [7, 11) is 0. The molecule has 1 heterocycles. The third kappa shape index (κ3) is 3.40. The van der Waals surface area contributed by atoms with Gasteiger partial charge in [0.2, 0.25) is 0 Å². The monoisotopic (exact) mass is 249 g/mol. The van der Waals surface area contributed by atoms with Crippen molar-refractivity contribution in [3.05, 3.63) is 12.2 Å². The Balaban J connectivity index is 1.94. The molecule has 1 aromatic rings. The fourth-order valence-electron chi connectivity index (χ4n) is 2.73. The lowest BCUT2D eigenvalue weighted by molar-refractivity contribution is -0.122. The van der Waals surface area contributed by atoms with Gasteiger partial charge >= 0.3 is 0 Å². The van der Waals surface area contributed by atoms with Gasteiger partial charge in [0.05, 0.1) is 6.42 Å². The summed E-state index contributed by atoms with van der Waals surface area (Å²) in [5, 5.41) is 4.18. The number of ketones is 1. The SMILES string of the molecule is CCCn1ncnc1CC(=O)C1CCCCCC1. The molecule has 0 unspecified atom stereocenters. The van der Waals surface area contributed by atoms with E-state index in [-0.39, 0.29) is 5.92 Å². The molecule has 18 heavy (non-hydrogen) atoms. The second kappa shape index (κ2) is 6.66. The molecule has 1 aliphatic carbocycles. The van der Waals surface area contributed by atoms with Crippen LogP contribution in [0.1, 0.15) is 57.7 Å². The molecule has 4 heteroatoms. The highest BCUT2D eigenvalue weighted by Gasteiger charge is 2.21. The van der Waals surface area contributed by atoms with E-state index in [1.165, 1.54) is 25.7 Å². The molecule has 2 rings (SSSR count). The van der Waals surface area contributed by atoms with Crippen molar-refractivity contribution in [1.82, 2.24) is 14.8 Å². The molecule has 0 radical (unpaired) electrons. The van der Waals surface area contributed by atoms with E-state index in [0.717, 1.165) is 31.6 Å². The lowest BCUT2D eigenvalue weighted by Crippen LogP contribution is -2.19. The molecule has 0 saturated heterocycles. The van der Waals surface area contributed by atoms with Crippen LogP contribution in [0, 0.1) is 5.92 Å². The molecule has 1 aromatic heterocycles. The number of hydrogen-bond acceptors (Lipinski definition) is 3. The predicted molar refractivity (Wildman–Crippen MR) is 70.2 cm³/mol. The van der Waals surface area contributed by atoms with E-state index in [1.807, 2.05) is 4.68 Å². The topological polar surface area (TPSA) is 47.8 Å². The Morgan fingerprint density at radius 3 is 2.72 bits per heavy atom. The van der Waals surface area contributed by atoms with Crippen molar-refractivity contribution in [1.29, 1.82) is 0 Å². The quantitative estimate of drug-likeness (QED) is 0.754. The lowest BCUT2D eigenvalue weighted by atomic mass is 9.93. The van der Waals surface area contributed by atoms with Crippen LogP contribution >= 0.6 is 0 Å². The zero-order chi connectivity index (χ0) is 12.8. The molecule has 0 spiro atoms. The van der Waals surface area contributed by atoms with Crippen LogP contribution in [0.5, 0.6) is 0 Å². The number of aromatic nitrogens is 3. The van der Waals surface area contributed by atoms with Crippen LogP contribution in [0.2, 0.25) is 0 Å². The van der Waals surface area contributed by atoms with Gasteiger partial charge in [0.15, 0.2) is 0 Å². The molecule has 0 atom stereocenters. The zero-order valence-electron chi connectivity index (χ0n) is 11.3. The second-order valence-electron chi connectivity index (χ2n) is 5.23. The molecule has 100 valence electrons. The maximum absolute atomic E-state index is 12.3. The molecule has 0 aromatic carbocycles. The molecular weight excluding hydrogens is 226 g/mol. The van der Waals surface area contributed by atoms with Gasteiger partial charge in [-0.2, -0.15) is 5.10 Å². The van der Waals surface area contributed by atoms with Crippen LogP contribution in [-0.2, 0) is 17.8 Å². The smallest absolute Gasteiger partial charge is 0.143 e. The lowest BCUT2D eigenvalue weighted by Gasteiger charge is -2.12. The summed E-state index contributed by atoms with van der Waals surface area (Å²) in [5.41, 5.74) is 0. The Labute approximate surface area is 109 Å². The third-order valence-corrected chi connectivity index (χ3v) is 3.77. The van der Waals surface area contributed by atoms with E-state index in [4.69, 9.17) is 0 Å². The van der Waals surface area contributed by atoms with Crippen LogP contribution in [0.3, 0.4) is 0 Å².